The van der Waals surface area contributed by atoms with Crippen molar-refractivity contribution in [1.29, 1.82) is 0 Å². The van der Waals surface area contributed by atoms with Crippen molar-refractivity contribution >= 4 is 5.97 Å². The van der Waals surface area contributed by atoms with E-state index in [2.05, 4.69) is 9.97 Å². The Morgan fingerprint density at radius 2 is 2.33 bits per heavy atom. The number of nitrogens with zero attached hydrogens (tertiary/aromatic N) is 3. The van der Waals surface area contributed by atoms with Crippen molar-refractivity contribution in [3.8, 4) is 5.75 Å². The van der Waals surface area contributed by atoms with Gasteiger partial charge in [-0.05, 0) is 19.1 Å². The molecule has 6 heteroatoms. The molecule has 18 heavy (non-hydrogen) atoms. The van der Waals surface area contributed by atoms with Gasteiger partial charge in [-0.3, -0.25) is 0 Å². The van der Waals surface area contributed by atoms with Gasteiger partial charge in [-0.15, -0.1) is 0 Å². The normalized spacial score (nSPS) is 10.3. The van der Waals surface area contributed by atoms with Crippen LogP contribution >= 0.6 is 0 Å². The van der Waals surface area contributed by atoms with Crippen LogP contribution in [0.15, 0.2) is 30.9 Å². The van der Waals surface area contributed by atoms with Crippen molar-refractivity contribution in [1.82, 2.24) is 14.5 Å². The van der Waals surface area contributed by atoms with E-state index in [0.29, 0.717) is 18.8 Å². The molecule has 2 aromatic rings. The van der Waals surface area contributed by atoms with Crippen LogP contribution in [-0.4, -0.2) is 32.2 Å². The molecule has 0 atom stereocenters. The summed E-state index contributed by atoms with van der Waals surface area (Å²) in [7, 11) is 0. The summed E-state index contributed by atoms with van der Waals surface area (Å²) in [6.45, 7) is 2.70. The Kier molecular flexibility index (Phi) is 3.57. The number of aromatic nitrogens is 3. The molecular weight excluding hydrogens is 234 g/mol. The summed E-state index contributed by atoms with van der Waals surface area (Å²) in [5, 5.41) is 9.02. The summed E-state index contributed by atoms with van der Waals surface area (Å²) >= 11 is 0. The second-order valence-electron chi connectivity index (χ2n) is 3.75. The van der Waals surface area contributed by atoms with Gasteiger partial charge in [0.1, 0.15) is 6.61 Å². The molecule has 0 spiro atoms. The number of pyridine rings is 1. The molecule has 0 amide bonds. The van der Waals surface area contributed by atoms with Gasteiger partial charge in [0.05, 0.1) is 12.9 Å². The van der Waals surface area contributed by atoms with E-state index in [0.717, 1.165) is 0 Å². The summed E-state index contributed by atoms with van der Waals surface area (Å²) in [6, 6.07) is 3.35. The van der Waals surface area contributed by atoms with E-state index in [-0.39, 0.29) is 11.4 Å². The van der Waals surface area contributed by atoms with Crippen molar-refractivity contribution in [3.63, 3.8) is 0 Å². The lowest BCUT2D eigenvalue weighted by molar-refractivity contribution is 0.0685. The zero-order valence-corrected chi connectivity index (χ0v) is 9.91. The van der Waals surface area contributed by atoms with E-state index in [1.54, 1.807) is 31.6 Å². The van der Waals surface area contributed by atoms with E-state index in [1.807, 2.05) is 10.8 Å². The van der Waals surface area contributed by atoms with Gasteiger partial charge in [-0.1, -0.05) is 0 Å². The molecule has 0 unspecified atom stereocenters. The predicted octanol–water partition coefficient (Wildman–Crippen LogP) is 1.36. The summed E-state index contributed by atoms with van der Waals surface area (Å²) in [4.78, 5) is 18.9. The third-order valence-corrected chi connectivity index (χ3v) is 2.37. The first-order valence-electron chi connectivity index (χ1n) is 5.46. The lowest BCUT2D eigenvalue weighted by atomic mass is 10.3. The van der Waals surface area contributed by atoms with Gasteiger partial charge >= 0.3 is 5.97 Å². The first kappa shape index (κ1) is 12.1. The highest BCUT2D eigenvalue weighted by molar-refractivity contribution is 5.88. The van der Waals surface area contributed by atoms with Crippen LogP contribution in [-0.2, 0) is 6.54 Å². The van der Waals surface area contributed by atoms with E-state index in [9.17, 15) is 4.79 Å². The monoisotopic (exact) mass is 247 g/mol. The summed E-state index contributed by atoms with van der Waals surface area (Å²) in [5.41, 5.74) is 0.593. The molecule has 0 radical (unpaired) electrons. The first-order chi connectivity index (χ1) is 8.66. The van der Waals surface area contributed by atoms with Crippen LogP contribution in [0.1, 0.15) is 16.2 Å². The van der Waals surface area contributed by atoms with Gasteiger partial charge in [-0.2, -0.15) is 0 Å². The zero-order chi connectivity index (χ0) is 13.0. The number of rotatable bonds is 5. The smallest absolute Gasteiger partial charge is 0.358 e. The summed E-state index contributed by atoms with van der Waals surface area (Å²) < 4.78 is 7.28. The maximum absolute atomic E-state index is 11.0. The molecule has 0 saturated carbocycles. The van der Waals surface area contributed by atoms with Gasteiger partial charge in [0.25, 0.3) is 0 Å². The number of carboxylic acids is 1. The van der Waals surface area contributed by atoms with Crippen molar-refractivity contribution in [2.24, 2.45) is 0 Å². The Hall–Kier alpha value is -2.37. The van der Waals surface area contributed by atoms with Crippen LogP contribution < -0.4 is 4.74 Å². The Labute approximate surface area is 104 Å². The number of imidazole rings is 1. The molecule has 1 N–H and O–H groups in total. The second-order valence-corrected chi connectivity index (χ2v) is 3.75. The molecular formula is C12H13N3O3. The average molecular weight is 247 g/mol. The molecule has 2 heterocycles. The van der Waals surface area contributed by atoms with Crippen LogP contribution in [0.25, 0.3) is 0 Å². The second kappa shape index (κ2) is 5.31. The molecule has 0 saturated heterocycles. The fourth-order valence-electron chi connectivity index (χ4n) is 1.49. The van der Waals surface area contributed by atoms with Crippen molar-refractivity contribution < 1.29 is 14.6 Å². The highest BCUT2D eigenvalue weighted by Gasteiger charge is 2.13. The fraction of sp³-hybridized carbons (Fsp3) is 0.250. The topological polar surface area (TPSA) is 77.2 Å². The average Bonchev–Trinajstić information content (AvgIpc) is 2.84. The first-order valence-corrected chi connectivity index (χ1v) is 5.46. The van der Waals surface area contributed by atoms with Gasteiger partial charge < -0.3 is 14.4 Å². The number of carboxylic acid groups (broad SMARTS) is 1. The molecule has 0 bridgehead atoms. The molecule has 0 aliphatic rings. The van der Waals surface area contributed by atoms with Crippen LogP contribution in [0, 0.1) is 6.92 Å². The fourth-order valence-corrected chi connectivity index (χ4v) is 1.49. The number of hydrogen-bond donors (Lipinski definition) is 1. The van der Waals surface area contributed by atoms with Crippen LogP contribution in [0.3, 0.4) is 0 Å². The van der Waals surface area contributed by atoms with Crippen LogP contribution in [0.4, 0.5) is 0 Å². The van der Waals surface area contributed by atoms with Gasteiger partial charge in [0.2, 0.25) is 0 Å². The maximum Gasteiger partial charge on any atom is 0.358 e. The number of aromatic carboxylic acids is 1. The van der Waals surface area contributed by atoms with Crippen molar-refractivity contribution in [2.45, 2.75) is 13.5 Å². The largest absolute Gasteiger partial charge is 0.489 e. The minimum atomic E-state index is -1.09. The van der Waals surface area contributed by atoms with Crippen LogP contribution in [0.5, 0.6) is 5.75 Å². The Morgan fingerprint density at radius 1 is 1.50 bits per heavy atom. The Morgan fingerprint density at radius 3 is 3.00 bits per heavy atom. The van der Waals surface area contributed by atoms with Crippen LogP contribution in [0.2, 0.25) is 0 Å². The van der Waals surface area contributed by atoms with E-state index < -0.39 is 5.97 Å². The maximum atomic E-state index is 11.0. The number of carbonyl (C=O) groups is 1. The number of aryl methyl sites for hydroxylation is 1. The molecule has 0 aliphatic heterocycles. The van der Waals surface area contributed by atoms with Gasteiger partial charge in [0, 0.05) is 18.1 Å². The molecule has 0 fully saturated rings. The minimum Gasteiger partial charge on any atom is -0.489 e. The minimum absolute atomic E-state index is 0.0550. The van der Waals surface area contributed by atoms with Gasteiger partial charge in [0.15, 0.2) is 11.4 Å². The summed E-state index contributed by atoms with van der Waals surface area (Å²) in [5.74, 6) is -0.801. The van der Waals surface area contributed by atoms with E-state index >= 15 is 0 Å². The number of ether oxygens (including phenoxy) is 1. The third kappa shape index (κ3) is 2.85. The SMILES string of the molecule is Cc1ccc(OCCn2ccnc2)c(C(=O)O)n1. The lowest BCUT2D eigenvalue weighted by Gasteiger charge is -2.09. The quantitative estimate of drug-likeness (QED) is 0.863. The van der Waals surface area contributed by atoms with Crippen molar-refractivity contribution in [3.05, 3.63) is 42.2 Å². The molecule has 94 valence electrons. The standard InChI is InChI=1S/C12H13N3O3/c1-9-2-3-10(11(14-9)12(16)17)18-7-6-15-5-4-13-8-15/h2-5,8H,6-7H2,1H3,(H,16,17). The van der Waals surface area contributed by atoms with E-state index in [4.69, 9.17) is 9.84 Å². The molecule has 2 rings (SSSR count). The predicted molar refractivity (Wildman–Crippen MR) is 63.7 cm³/mol. The zero-order valence-electron chi connectivity index (χ0n) is 9.91. The lowest BCUT2D eigenvalue weighted by Crippen LogP contribution is -2.11. The molecule has 0 aliphatic carbocycles. The van der Waals surface area contributed by atoms with Gasteiger partial charge in [-0.25, -0.2) is 14.8 Å². The third-order valence-electron chi connectivity index (χ3n) is 2.37. The highest BCUT2D eigenvalue weighted by atomic mass is 16.5. The number of hydrogen-bond acceptors (Lipinski definition) is 4. The molecule has 0 aromatic carbocycles. The Bertz CT molecular complexity index is 538. The van der Waals surface area contributed by atoms with E-state index in [1.165, 1.54) is 0 Å². The molecule has 2 aromatic heterocycles. The Balaban J connectivity index is 2.02. The van der Waals surface area contributed by atoms with Crippen molar-refractivity contribution in [2.75, 3.05) is 6.61 Å². The summed E-state index contributed by atoms with van der Waals surface area (Å²) in [6.07, 6.45) is 5.17. The molecule has 6 nitrogen and oxygen atoms in total. The highest BCUT2D eigenvalue weighted by Crippen LogP contribution is 2.16.